The third kappa shape index (κ3) is 3.61. The molecule has 0 aromatic heterocycles. The summed E-state index contributed by atoms with van der Waals surface area (Å²) in [5.74, 6) is 0.650. The number of hydrogen-bond acceptors (Lipinski definition) is 3. The molecule has 0 saturated carbocycles. The van der Waals surface area contributed by atoms with Gasteiger partial charge in [0.2, 0.25) is 5.91 Å². The van der Waals surface area contributed by atoms with Gasteiger partial charge in [-0.25, -0.2) is 0 Å². The van der Waals surface area contributed by atoms with Gasteiger partial charge in [-0.2, -0.15) is 0 Å². The van der Waals surface area contributed by atoms with Gasteiger partial charge in [-0.1, -0.05) is 36.4 Å². The summed E-state index contributed by atoms with van der Waals surface area (Å²) < 4.78 is 5.25. The number of carbonyl (C=O) groups excluding carboxylic acids is 2. The maximum Gasteiger partial charge on any atom is 0.254 e. The molecule has 2 aromatic rings. The summed E-state index contributed by atoms with van der Waals surface area (Å²) in [6.07, 6.45) is 2.14. The van der Waals surface area contributed by atoms with Crippen molar-refractivity contribution in [3.05, 3.63) is 65.7 Å². The lowest BCUT2D eigenvalue weighted by atomic mass is 9.88. The zero-order valence-corrected chi connectivity index (χ0v) is 16.2. The quantitative estimate of drug-likeness (QED) is 0.821. The Morgan fingerprint density at radius 1 is 0.929 bits per heavy atom. The van der Waals surface area contributed by atoms with Crippen LogP contribution in [0.25, 0.3) is 0 Å². The Morgan fingerprint density at radius 3 is 2.39 bits per heavy atom. The van der Waals surface area contributed by atoms with Gasteiger partial charge < -0.3 is 14.5 Å². The van der Waals surface area contributed by atoms with Crippen molar-refractivity contribution in [3.63, 3.8) is 0 Å². The van der Waals surface area contributed by atoms with E-state index in [2.05, 4.69) is 12.1 Å². The van der Waals surface area contributed by atoms with Crippen molar-refractivity contribution in [2.45, 2.75) is 18.8 Å². The summed E-state index contributed by atoms with van der Waals surface area (Å²) in [4.78, 5) is 30.1. The lowest BCUT2D eigenvalue weighted by Crippen LogP contribution is -2.37. The van der Waals surface area contributed by atoms with Crippen molar-refractivity contribution < 1.29 is 14.3 Å². The van der Waals surface area contributed by atoms with Gasteiger partial charge in [-0.05, 0) is 36.6 Å². The van der Waals surface area contributed by atoms with Crippen molar-refractivity contribution in [2.24, 2.45) is 5.92 Å². The molecule has 0 radical (unpaired) electrons. The number of carbonyl (C=O) groups is 2. The molecule has 28 heavy (non-hydrogen) atoms. The van der Waals surface area contributed by atoms with Gasteiger partial charge >= 0.3 is 0 Å². The molecule has 2 amide bonds. The summed E-state index contributed by atoms with van der Waals surface area (Å²) in [6.45, 7) is 2.69. The smallest absolute Gasteiger partial charge is 0.254 e. The molecule has 0 spiro atoms. The van der Waals surface area contributed by atoms with E-state index in [-0.39, 0.29) is 23.7 Å². The molecule has 5 nitrogen and oxygen atoms in total. The third-order valence-corrected chi connectivity index (χ3v) is 5.89. The fourth-order valence-electron chi connectivity index (χ4n) is 4.37. The van der Waals surface area contributed by atoms with Crippen LogP contribution in [0.2, 0.25) is 0 Å². The molecule has 2 heterocycles. The van der Waals surface area contributed by atoms with Crippen LogP contribution in [0.5, 0.6) is 5.75 Å². The van der Waals surface area contributed by atoms with Crippen LogP contribution in [0.1, 0.15) is 34.7 Å². The average molecular weight is 378 g/mol. The van der Waals surface area contributed by atoms with Crippen LogP contribution in [0, 0.1) is 5.92 Å². The molecule has 2 saturated heterocycles. The van der Waals surface area contributed by atoms with E-state index in [4.69, 9.17) is 4.74 Å². The molecule has 2 unspecified atom stereocenters. The molecule has 0 aliphatic carbocycles. The highest BCUT2D eigenvalue weighted by atomic mass is 16.5. The summed E-state index contributed by atoms with van der Waals surface area (Å²) >= 11 is 0. The van der Waals surface area contributed by atoms with Gasteiger partial charge in [-0.15, -0.1) is 0 Å². The average Bonchev–Trinajstić information content (AvgIpc) is 3.44. The SMILES string of the molecule is COc1cccc(C(=O)N2CC(C(=O)N3CCCC3)C(c3ccccc3)C2)c1. The normalized spacial score (nSPS) is 21.8. The highest BCUT2D eigenvalue weighted by molar-refractivity contribution is 5.95. The van der Waals surface area contributed by atoms with Crippen LogP contribution in [-0.2, 0) is 4.79 Å². The summed E-state index contributed by atoms with van der Waals surface area (Å²) in [7, 11) is 1.59. The van der Waals surface area contributed by atoms with Crippen LogP contribution < -0.4 is 4.74 Å². The lowest BCUT2D eigenvalue weighted by Gasteiger charge is -2.23. The number of amides is 2. The Bertz CT molecular complexity index is 846. The van der Waals surface area contributed by atoms with Crippen molar-refractivity contribution in [1.82, 2.24) is 9.80 Å². The molecule has 2 fully saturated rings. The molecule has 146 valence electrons. The molecular formula is C23H26N2O3. The van der Waals surface area contributed by atoms with E-state index in [9.17, 15) is 9.59 Å². The summed E-state index contributed by atoms with van der Waals surface area (Å²) in [6, 6.07) is 17.3. The number of likely N-dealkylation sites (tertiary alicyclic amines) is 2. The van der Waals surface area contributed by atoms with E-state index in [1.807, 2.05) is 40.1 Å². The number of rotatable bonds is 4. The van der Waals surface area contributed by atoms with Crippen LogP contribution >= 0.6 is 0 Å². The highest BCUT2D eigenvalue weighted by Gasteiger charge is 2.42. The van der Waals surface area contributed by atoms with Gasteiger partial charge in [0.1, 0.15) is 5.75 Å². The monoisotopic (exact) mass is 378 g/mol. The molecule has 2 aliphatic heterocycles. The van der Waals surface area contributed by atoms with Crippen LogP contribution in [0.4, 0.5) is 0 Å². The Kier molecular flexibility index (Phi) is 5.33. The molecule has 5 heteroatoms. The second kappa shape index (κ2) is 8.05. The number of benzene rings is 2. The van der Waals surface area contributed by atoms with E-state index in [0.29, 0.717) is 24.4 Å². The van der Waals surface area contributed by atoms with Crippen molar-refractivity contribution >= 4 is 11.8 Å². The molecule has 4 rings (SSSR count). The minimum atomic E-state index is -0.185. The number of hydrogen-bond donors (Lipinski definition) is 0. The maximum atomic E-state index is 13.2. The molecule has 2 atom stereocenters. The number of ether oxygens (including phenoxy) is 1. The largest absolute Gasteiger partial charge is 0.497 e. The van der Waals surface area contributed by atoms with Crippen molar-refractivity contribution in [2.75, 3.05) is 33.3 Å². The van der Waals surface area contributed by atoms with E-state index in [0.717, 1.165) is 31.5 Å². The van der Waals surface area contributed by atoms with Gasteiger partial charge in [0.25, 0.3) is 5.91 Å². The third-order valence-electron chi connectivity index (χ3n) is 5.89. The maximum absolute atomic E-state index is 13.2. The van der Waals surface area contributed by atoms with E-state index < -0.39 is 0 Å². The zero-order valence-electron chi connectivity index (χ0n) is 16.2. The van der Waals surface area contributed by atoms with Crippen molar-refractivity contribution in [3.8, 4) is 5.75 Å². The fraction of sp³-hybridized carbons (Fsp3) is 0.391. The second-order valence-corrected chi connectivity index (χ2v) is 7.60. The Hall–Kier alpha value is -2.82. The van der Waals surface area contributed by atoms with Crippen LogP contribution in [0.3, 0.4) is 0 Å². The first-order valence-electron chi connectivity index (χ1n) is 9.94. The summed E-state index contributed by atoms with van der Waals surface area (Å²) in [5.41, 5.74) is 1.72. The number of methoxy groups -OCH3 is 1. The van der Waals surface area contributed by atoms with Gasteiger partial charge in [0.15, 0.2) is 0 Å². The Labute approximate surface area is 165 Å². The predicted molar refractivity (Wildman–Crippen MR) is 107 cm³/mol. The molecule has 2 aromatic carbocycles. The van der Waals surface area contributed by atoms with Gasteiger partial charge in [0.05, 0.1) is 13.0 Å². The van der Waals surface area contributed by atoms with E-state index in [1.165, 1.54) is 0 Å². The summed E-state index contributed by atoms with van der Waals surface area (Å²) in [5, 5.41) is 0. The molecule has 0 N–H and O–H groups in total. The standard InChI is InChI=1S/C23H26N2O3/c1-28-19-11-7-10-18(14-19)22(26)25-15-20(17-8-3-2-4-9-17)21(16-25)23(27)24-12-5-6-13-24/h2-4,7-11,14,20-21H,5-6,12-13,15-16H2,1H3. The topological polar surface area (TPSA) is 49.9 Å². The first kappa shape index (κ1) is 18.5. The van der Waals surface area contributed by atoms with Crippen molar-refractivity contribution in [1.29, 1.82) is 0 Å². The molecule has 2 aliphatic rings. The first-order valence-corrected chi connectivity index (χ1v) is 9.94. The predicted octanol–water partition coefficient (Wildman–Crippen LogP) is 3.17. The van der Waals surface area contributed by atoms with Gasteiger partial charge in [-0.3, -0.25) is 9.59 Å². The van der Waals surface area contributed by atoms with Crippen LogP contribution in [-0.4, -0.2) is 54.9 Å². The zero-order chi connectivity index (χ0) is 19.5. The first-order chi connectivity index (χ1) is 13.7. The number of nitrogens with zero attached hydrogens (tertiary/aromatic N) is 2. The Balaban J connectivity index is 1.59. The Morgan fingerprint density at radius 2 is 1.68 bits per heavy atom. The van der Waals surface area contributed by atoms with Crippen LogP contribution in [0.15, 0.2) is 54.6 Å². The second-order valence-electron chi connectivity index (χ2n) is 7.60. The molecule has 0 bridgehead atoms. The minimum Gasteiger partial charge on any atom is -0.497 e. The fourth-order valence-corrected chi connectivity index (χ4v) is 4.37. The van der Waals surface area contributed by atoms with Gasteiger partial charge in [0, 0.05) is 37.7 Å². The molecular weight excluding hydrogens is 352 g/mol. The van der Waals surface area contributed by atoms with E-state index >= 15 is 0 Å². The highest BCUT2D eigenvalue weighted by Crippen LogP contribution is 2.35. The van der Waals surface area contributed by atoms with E-state index in [1.54, 1.807) is 19.2 Å². The lowest BCUT2D eigenvalue weighted by molar-refractivity contribution is -0.134. The minimum absolute atomic E-state index is 0.0313.